The minimum Gasteiger partial charge on any atom is -0.355 e. The van der Waals surface area contributed by atoms with Gasteiger partial charge in [0.25, 0.3) is 0 Å². The first-order valence-corrected chi connectivity index (χ1v) is 6.95. The lowest BCUT2D eigenvalue weighted by molar-refractivity contribution is -0.121. The Hall–Kier alpha value is -1.73. The van der Waals surface area contributed by atoms with Gasteiger partial charge in [0.05, 0.1) is 4.88 Å². The summed E-state index contributed by atoms with van der Waals surface area (Å²) in [5, 5.41) is 11.6. The van der Waals surface area contributed by atoms with Crippen LogP contribution in [0.5, 0.6) is 0 Å². The average Bonchev–Trinajstić information content (AvgIpc) is 3.07. The summed E-state index contributed by atoms with van der Waals surface area (Å²) in [6.45, 7) is 1.38. The van der Waals surface area contributed by atoms with Crippen molar-refractivity contribution >= 4 is 17.2 Å². The van der Waals surface area contributed by atoms with Gasteiger partial charge in [0, 0.05) is 25.9 Å². The standard InChI is InChI=1S/C12H16N4O2S/c1-13-6-7-14-10(17)4-5-11-15-12(16-18-11)9-3-2-8-19-9/h2-3,8,13H,4-7H2,1H3,(H,14,17). The highest BCUT2D eigenvalue weighted by Gasteiger charge is 2.10. The predicted octanol–water partition coefficient (Wildman–Crippen LogP) is 1.07. The van der Waals surface area contributed by atoms with E-state index in [-0.39, 0.29) is 5.91 Å². The van der Waals surface area contributed by atoms with Crippen LogP contribution in [-0.4, -0.2) is 36.2 Å². The Morgan fingerprint density at radius 2 is 2.37 bits per heavy atom. The lowest BCUT2D eigenvalue weighted by Gasteiger charge is -2.02. The molecule has 0 bridgehead atoms. The fraction of sp³-hybridized carbons (Fsp3) is 0.417. The van der Waals surface area contributed by atoms with E-state index >= 15 is 0 Å². The summed E-state index contributed by atoms with van der Waals surface area (Å²) in [7, 11) is 1.84. The molecule has 102 valence electrons. The fourth-order valence-corrected chi connectivity index (χ4v) is 2.15. The summed E-state index contributed by atoms with van der Waals surface area (Å²) >= 11 is 1.56. The SMILES string of the molecule is CNCCNC(=O)CCc1nc(-c2cccs2)no1. The largest absolute Gasteiger partial charge is 0.355 e. The lowest BCUT2D eigenvalue weighted by Crippen LogP contribution is -2.30. The zero-order chi connectivity index (χ0) is 13.5. The van der Waals surface area contributed by atoms with E-state index in [0.29, 0.717) is 31.1 Å². The van der Waals surface area contributed by atoms with Crippen LogP contribution >= 0.6 is 11.3 Å². The number of aryl methyl sites for hydroxylation is 1. The van der Waals surface area contributed by atoms with E-state index in [0.717, 1.165) is 11.4 Å². The van der Waals surface area contributed by atoms with Crippen LogP contribution in [0.15, 0.2) is 22.0 Å². The van der Waals surface area contributed by atoms with Gasteiger partial charge in [0.1, 0.15) is 0 Å². The molecule has 0 saturated heterocycles. The molecule has 2 rings (SSSR count). The van der Waals surface area contributed by atoms with Crippen LogP contribution in [0.4, 0.5) is 0 Å². The normalized spacial score (nSPS) is 10.6. The molecular weight excluding hydrogens is 264 g/mol. The smallest absolute Gasteiger partial charge is 0.227 e. The summed E-state index contributed by atoms with van der Waals surface area (Å²) in [4.78, 5) is 16.7. The summed E-state index contributed by atoms with van der Waals surface area (Å²) in [6, 6.07) is 3.87. The molecule has 0 aliphatic carbocycles. The molecule has 2 aromatic heterocycles. The van der Waals surface area contributed by atoms with Crippen molar-refractivity contribution in [1.29, 1.82) is 0 Å². The van der Waals surface area contributed by atoms with Crippen LogP contribution in [0.1, 0.15) is 12.3 Å². The first-order chi connectivity index (χ1) is 9.29. The Kier molecular flexibility index (Phi) is 5.05. The maximum absolute atomic E-state index is 11.5. The highest BCUT2D eigenvalue weighted by Crippen LogP contribution is 2.21. The quantitative estimate of drug-likeness (QED) is 0.741. The number of amides is 1. The number of nitrogens with zero attached hydrogens (tertiary/aromatic N) is 2. The fourth-order valence-electron chi connectivity index (χ4n) is 1.50. The second-order valence-corrected chi connectivity index (χ2v) is 4.89. The zero-order valence-corrected chi connectivity index (χ0v) is 11.5. The van der Waals surface area contributed by atoms with E-state index in [4.69, 9.17) is 4.52 Å². The molecule has 0 fully saturated rings. The van der Waals surface area contributed by atoms with Gasteiger partial charge in [0.2, 0.25) is 17.6 Å². The van der Waals surface area contributed by atoms with Gasteiger partial charge in [-0.25, -0.2) is 0 Å². The van der Waals surface area contributed by atoms with Gasteiger partial charge in [-0.05, 0) is 18.5 Å². The summed E-state index contributed by atoms with van der Waals surface area (Å²) < 4.78 is 5.12. The van der Waals surface area contributed by atoms with Crippen molar-refractivity contribution in [3.05, 3.63) is 23.4 Å². The van der Waals surface area contributed by atoms with Gasteiger partial charge in [0.15, 0.2) is 0 Å². The van der Waals surface area contributed by atoms with Crippen molar-refractivity contribution in [2.45, 2.75) is 12.8 Å². The number of aromatic nitrogens is 2. The molecular formula is C12H16N4O2S. The van der Waals surface area contributed by atoms with E-state index in [2.05, 4.69) is 20.8 Å². The van der Waals surface area contributed by atoms with Crippen LogP contribution in [0, 0.1) is 0 Å². The Bertz CT molecular complexity index is 510. The summed E-state index contributed by atoms with van der Waals surface area (Å²) in [5.74, 6) is 1.07. The number of thiophene rings is 1. The highest BCUT2D eigenvalue weighted by molar-refractivity contribution is 7.13. The van der Waals surface area contributed by atoms with Crippen molar-refractivity contribution < 1.29 is 9.32 Å². The van der Waals surface area contributed by atoms with Gasteiger partial charge in [-0.1, -0.05) is 11.2 Å². The first kappa shape index (κ1) is 13.7. The van der Waals surface area contributed by atoms with E-state index in [1.807, 2.05) is 24.6 Å². The minimum atomic E-state index is -0.00822. The van der Waals surface area contributed by atoms with E-state index < -0.39 is 0 Å². The molecule has 0 aromatic carbocycles. The number of carbonyl (C=O) groups excluding carboxylic acids is 1. The molecule has 1 amide bonds. The Morgan fingerprint density at radius 3 is 3.11 bits per heavy atom. The average molecular weight is 280 g/mol. The van der Waals surface area contributed by atoms with Crippen LogP contribution in [0.25, 0.3) is 10.7 Å². The highest BCUT2D eigenvalue weighted by atomic mass is 32.1. The van der Waals surface area contributed by atoms with Crippen molar-refractivity contribution in [2.24, 2.45) is 0 Å². The monoisotopic (exact) mass is 280 g/mol. The van der Waals surface area contributed by atoms with E-state index in [1.165, 1.54) is 0 Å². The third-order valence-corrected chi connectivity index (χ3v) is 3.34. The Balaban J connectivity index is 1.79. The van der Waals surface area contributed by atoms with Crippen LogP contribution < -0.4 is 10.6 Å². The third-order valence-electron chi connectivity index (χ3n) is 2.47. The number of nitrogens with one attached hydrogen (secondary N) is 2. The van der Waals surface area contributed by atoms with Gasteiger partial charge in [-0.2, -0.15) is 4.98 Å². The number of hydrogen-bond acceptors (Lipinski definition) is 6. The number of hydrogen-bond donors (Lipinski definition) is 2. The van der Waals surface area contributed by atoms with Gasteiger partial charge in [-0.15, -0.1) is 11.3 Å². The predicted molar refractivity (Wildman–Crippen MR) is 72.9 cm³/mol. The number of rotatable bonds is 7. The second-order valence-electron chi connectivity index (χ2n) is 3.94. The molecule has 2 heterocycles. The Labute approximate surface area is 115 Å². The van der Waals surface area contributed by atoms with Gasteiger partial charge < -0.3 is 15.2 Å². The maximum Gasteiger partial charge on any atom is 0.227 e. The molecule has 0 spiro atoms. The minimum absolute atomic E-state index is 0.00822. The second kappa shape index (κ2) is 7.01. The molecule has 19 heavy (non-hydrogen) atoms. The molecule has 0 unspecified atom stereocenters. The Morgan fingerprint density at radius 1 is 1.47 bits per heavy atom. The molecule has 7 heteroatoms. The van der Waals surface area contributed by atoms with Gasteiger partial charge >= 0.3 is 0 Å². The number of carbonyl (C=O) groups is 1. The van der Waals surface area contributed by atoms with Crippen molar-refractivity contribution in [1.82, 2.24) is 20.8 Å². The lowest BCUT2D eigenvalue weighted by atomic mass is 10.3. The van der Waals surface area contributed by atoms with Crippen LogP contribution in [-0.2, 0) is 11.2 Å². The first-order valence-electron chi connectivity index (χ1n) is 6.07. The third kappa shape index (κ3) is 4.15. The zero-order valence-electron chi connectivity index (χ0n) is 10.7. The topological polar surface area (TPSA) is 80.0 Å². The van der Waals surface area contributed by atoms with E-state index in [9.17, 15) is 4.79 Å². The van der Waals surface area contributed by atoms with Crippen LogP contribution in [0.3, 0.4) is 0 Å². The maximum atomic E-state index is 11.5. The molecule has 0 aliphatic heterocycles. The summed E-state index contributed by atoms with van der Waals surface area (Å²) in [6.07, 6.45) is 0.819. The molecule has 0 atom stereocenters. The molecule has 2 N–H and O–H groups in total. The molecule has 6 nitrogen and oxygen atoms in total. The van der Waals surface area contributed by atoms with E-state index in [1.54, 1.807) is 11.3 Å². The van der Waals surface area contributed by atoms with Crippen molar-refractivity contribution in [3.8, 4) is 10.7 Å². The van der Waals surface area contributed by atoms with Gasteiger partial charge in [-0.3, -0.25) is 4.79 Å². The molecule has 2 aromatic rings. The number of likely N-dealkylation sites (N-methyl/N-ethyl adjacent to an activating group) is 1. The molecule has 0 saturated carbocycles. The molecule has 0 radical (unpaired) electrons. The molecule has 0 aliphatic rings. The van der Waals surface area contributed by atoms with Crippen molar-refractivity contribution in [2.75, 3.05) is 20.1 Å². The summed E-state index contributed by atoms with van der Waals surface area (Å²) in [5.41, 5.74) is 0. The van der Waals surface area contributed by atoms with Crippen molar-refractivity contribution in [3.63, 3.8) is 0 Å². The van der Waals surface area contributed by atoms with Crippen LogP contribution in [0.2, 0.25) is 0 Å².